The number of aromatic nitrogens is 2. The summed E-state index contributed by atoms with van der Waals surface area (Å²) in [6, 6.07) is 0. The molecule has 2 N–H and O–H groups in total. The van der Waals surface area contributed by atoms with Crippen molar-refractivity contribution in [2.24, 2.45) is 0 Å². The Hall–Kier alpha value is -0.870. The molecule has 1 aromatic heterocycles. The third-order valence-electron chi connectivity index (χ3n) is 1.45. The third kappa shape index (κ3) is 3.15. The highest BCUT2D eigenvalue weighted by molar-refractivity contribution is 4.73. The summed E-state index contributed by atoms with van der Waals surface area (Å²) in [5, 5.41) is 0. The summed E-state index contributed by atoms with van der Waals surface area (Å²) in [4.78, 5) is 3.95. The van der Waals surface area contributed by atoms with Crippen molar-refractivity contribution in [3.63, 3.8) is 0 Å². The van der Waals surface area contributed by atoms with Crippen LogP contribution in [-0.4, -0.2) is 23.1 Å². The Morgan fingerprint density at radius 1 is 1.55 bits per heavy atom. The van der Waals surface area contributed by atoms with E-state index >= 15 is 0 Å². The third-order valence-corrected chi connectivity index (χ3v) is 1.45. The lowest BCUT2D eigenvalue weighted by Gasteiger charge is -2.02. The highest BCUT2D eigenvalue weighted by Crippen LogP contribution is 1.87. The maximum absolute atomic E-state index is 3.95. The van der Waals surface area contributed by atoms with Gasteiger partial charge in [-0.3, -0.25) is 10.9 Å². The fourth-order valence-corrected chi connectivity index (χ4v) is 0.894. The SMILES string of the molecule is CNNCCCn1ccnc1. The van der Waals surface area contributed by atoms with Crippen LogP contribution in [-0.2, 0) is 6.54 Å². The second-order valence-corrected chi connectivity index (χ2v) is 2.33. The number of hydrogen-bond acceptors (Lipinski definition) is 3. The topological polar surface area (TPSA) is 41.9 Å². The average Bonchev–Trinajstić information content (AvgIpc) is 2.50. The van der Waals surface area contributed by atoms with Crippen LogP contribution < -0.4 is 10.9 Å². The van der Waals surface area contributed by atoms with Gasteiger partial charge in [0, 0.05) is 25.5 Å². The van der Waals surface area contributed by atoms with E-state index in [2.05, 4.69) is 20.4 Å². The first kappa shape index (κ1) is 8.23. The minimum Gasteiger partial charge on any atom is -0.337 e. The first-order chi connectivity index (χ1) is 5.43. The first-order valence-corrected chi connectivity index (χ1v) is 3.79. The molecule has 0 spiro atoms. The van der Waals surface area contributed by atoms with E-state index in [0.29, 0.717) is 0 Å². The van der Waals surface area contributed by atoms with Gasteiger partial charge in [-0.1, -0.05) is 0 Å². The number of nitrogens with zero attached hydrogens (tertiary/aromatic N) is 2. The molecule has 0 unspecified atom stereocenters. The van der Waals surface area contributed by atoms with Gasteiger partial charge in [0.1, 0.15) is 0 Å². The molecule has 1 rings (SSSR count). The van der Waals surface area contributed by atoms with Crippen molar-refractivity contribution in [2.45, 2.75) is 13.0 Å². The van der Waals surface area contributed by atoms with Crippen molar-refractivity contribution in [2.75, 3.05) is 13.6 Å². The summed E-state index contributed by atoms with van der Waals surface area (Å²) in [5.41, 5.74) is 5.90. The Morgan fingerprint density at radius 2 is 2.45 bits per heavy atom. The molecule has 62 valence electrons. The van der Waals surface area contributed by atoms with Crippen LogP contribution in [0.5, 0.6) is 0 Å². The Morgan fingerprint density at radius 3 is 3.09 bits per heavy atom. The lowest BCUT2D eigenvalue weighted by Crippen LogP contribution is -2.28. The van der Waals surface area contributed by atoms with Gasteiger partial charge in [-0.2, -0.15) is 0 Å². The van der Waals surface area contributed by atoms with Crippen LogP contribution in [0.3, 0.4) is 0 Å². The molecule has 4 heteroatoms. The van der Waals surface area contributed by atoms with Crippen LogP contribution in [0.25, 0.3) is 0 Å². The predicted octanol–water partition coefficient (Wildman–Crippen LogP) is -0.00280. The van der Waals surface area contributed by atoms with Gasteiger partial charge in [-0.25, -0.2) is 4.98 Å². The van der Waals surface area contributed by atoms with Gasteiger partial charge in [0.25, 0.3) is 0 Å². The molecule has 4 nitrogen and oxygen atoms in total. The summed E-state index contributed by atoms with van der Waals surface area (Å²) >= 11 is 0. The van der Waals surface area contributed by atoms with E-state index in [1.165, 1.54) is 0 Å². The second kappa shape index (κ2) is 4.87. The van der Waals surface area contributed by atoms with Crippen LogP contribution in [0.4, 0.5) is 0 Å². The second-order valence-electron chi connectivity index (χ2n) is 2.33. The molecule has 0 saturated heterocycles. The zero-order valence-corrected chi connectivity index (χ0v) is 6.75. The van der Waals surface area contributed by atoms with Crippen LogP contribution in [0, 0.1) is 0 Å². The lowest BCUT2D eigenvalue weighted by atomic mass is 10.4. The van der Waals surface area contributed by atoms with E-state index in [1.54, 1.807) is 6.20 Å². The number of rotatable bonds is 5. The smallest absolute Gasteiger partial charge is 0.0945 e. The minimum absolute atomic E-state index is 0.981. The van der Waals surface area contributed by atoms with Gasteiger partial charge >= 0.3 is 0 Å². The summed E-state index contributed by atoms with van der Waals surface area (Å²) in [6.07, 6.45) is 6.71. The molecule has 1 aromatic rings. The fraction of sp³-hybridized carbons (Fsp3) is 0.571. The highest BCUT2D eigenvalue weighted by atomic mass is 15.3. The van der Waals surface area contributed by atoms with Crippen LogP contribution in [0.2, 0.25) is 0 Å². The van der Waals surface area contributed by atoms with Gasteiger partial charge in [0.15, 0.2) is 0 Å². The molecular formula is C7H14N4. The summed E-state index contributed by atoms with van der Waals surface area (Å²) in [6.45, 7) is 2.00. The van der Waals surface area contributed by atoms with E-state index in [1.807, 2.05) is 19.6 Å². The number of aryl methyl sites for hydroxylation is 1. The van der Waals surface area contributed by atoms with Crippen molar-refractivity contribution < 1.29 is 0 Å². The van der Waals surface area contributed by atoms with Crippen molar-refractivity contribution >= 4 is 0 Å². The molecule has 11 heavy (non-hydrogen) atoms. The van der Waals surface area contributed by atoms with Crippen LogP contribution in [0.1, 0.15) is 6.42 Å². The predicted molar refractivity (Wildman–Crippen MR) is 43.9 cm³/mol. The van der Waals surface area contributed by atoms with Gasteiger partial charge < -0.3 is 4.57 Å². The minimum atomic E-state index is 0.981. The molecule has 0 amide bonds. The molecule has 0 aliphatic heterocycles. The van der Waals surface area contributed by atoms with Crippen LogP contribution in [0.15, 0.2) is 18.7 Å². The Balaban J connectivity index is 2.04. The van der Waals surface area contributed by atoms with Crippen LogP contribution >= 0.6 is 0 Å². The molecule has 0 fully saturated rings. The Labute approximate surface area is 66.6 Å². The van der Waals surface area contributed by atoms with E-state index < -0.39 is 0 Å². The highest BCUT2D eigenvalue weighted by Gasteiger charge is 1.88. The summed E-state index contributed by atoms with van der Waals surface area (Å²) < 4.78 is 2.07. The molecule has 0 aliphatic rings. The van der Waals surface area contributed by atoms with Crippen molar-refractivity contribution in [1.29, 1.82) is 0 Å². The molecule has 0 atom stereocenters. The average molecular weight is 154 g/mol. The van der Waals surface area contributed by atoms with Gasteiger partial charge in [0.2, 0.25) is 0 Å². The number of nitrogens with one attached hydrogen (secondary N) is 2. The maximum Gasteiger partial charge on any atom is 0.0945 e. The van der Waals surface area contributed by atoms with Crippen molar-refractivity contribution in [1.82, 2.24) is 20.4 Å². The van der Waals surface area contributed by atoms with E-state index in [0.717, 1.165) is 19.5 Å². The zero-order chi connectivity index (χ0) is 7.94. The molecule has 0 bridgehead atoms. The van der Waals surface area contributed by atoms with Gasteiger partial charge in [-0.15, -0.1) is 0 Å². The largest absolute Gasteiger partial charge is 0.337 e. The molecule has 0 aliphatic carbocycles. The number of imidazole rings is 1. The van der Waals surface area contributed by atoms with E-state index in [-0.39, 0.29) is 0 Å². The van der Waals surface area contributed by atoms with E-state index in [4.69, 9.17) is 0 Å². The maximum atomic E-state index is 3.95. The first-order valence-electron chi connectivity index (χ1n) is 3.79. The number of hydrogen-bond donors (Lipinski definition) is 2. The molecule has 1 heterocycles. The van der Waals surface area contributed by atoms with Gasteiger partial charge in [0.05, 0.1) is 6.33 Å². The summed E-state index contributed by atoms with van der Waals surface area (Å²) in [5.74, 6) is 0. The van der Waals surface area contributed by atoms with Crippen molar-refractivity contribution in [3.05, 3.63) is 18.7 Å². The van der Waals surface area contributed by atoms with E-state index in [9.17, 15) is 0 Å². The molecular weight excluding hydrogens is 140 g/mol. The Kier molecular flexibility index (Phi) is 3.64. The quantitative estimate of drug-likeness (QED) is 0.463. The van der Waals surface area contributed by atoms with Gasteiger partial charge in [-0.05, 0) is 13.5 Å². The van der Waals surface area contributed by atoms with Crippen molar-refractivity contribution in [3.8, 4) is 0 Å². The summed E-state index contributed by atoms with van der Waals surface area (Å²) in [7, 11) is 1.87. The zero-order valence-electron chi connectivity index (χ0n) is 6.75. The normalized spacial score (nSPS) is 10.3. The number of hydrazine groups is 1. The monoisotopic (exact) mass is 154 g/mol. The molecule has 0 radical (unpaired) electrons. The Bertz CT molecular complexity index is 171. The molecule has 0 aromatic carbocycles. The fourth-order valence-electron chi connectivity index (χ4n) is 0.894. The lowest BCUT2D eigenvalue weighted by molar-refractivity contribution is 0.536. The molecule has 0 saturated carbocycles. The standard InChI is InChI=1S/C7H14N4/c1-8-10-3-2-5-11-6-4-9-7-11/h4,6-8,10H,2-3,5H2,1H3.